The topological polar surface area (TPSA) is 73.4 Å². The van der Waals surface area contributed by atoms with E-state index in [9.17, 15) is 4.79 Å². The summed E-state index contributed by atoms with van der Waals surface area (Å²) < 4.78 is 16.8. The molecule has 7 heteroatoms. The van der Waals surface area contributed by atoms with Gasteiger partial charge in [-0.25, -0.2) is 9.78 Å². The molecular weight excluding hydrogens is 400 g/mol. The number of benzene rings is 2. The highest BCUT2D eigenvalue weighted by molar-refractivity contribution is 9.10. The molecule has 26 heavy (non-hydrogen) atoms. The second-order valence-corrected chi connectivity index (χ2v) is 6.46. The van der Waals surface area contributed by atoms with Crippen molar-refractivity contribution >= 4 is 32.9 Å². The van der Waals surface area contributed by atoms with Crippen molar-refractivity contribution in [2.24, 2.45) is 0 Å². The number of aromatic amines is 1. The molecule has 0 aliphatic carbocycles. The molecule has 1 unspecified atom stereocenters. The summed E-state index contributed by atoms with van der Waals surface area (Å²) in [6, 6.07) is 11.5. The monoisotopic (exact) mass is 418 g/mol. The first-order chi connectivity index (χ1) is 12.5. The van der Waals surface area contributed by atoms with Crippen LogP contribution in [0.15, 0.2) is 40.9 Å². The summed E-state index contributed by atoms with van der Waals surface area (Å²) in [6.07, 6.45) is -0.753. The fourth-order valence-electron chi connectivity index (χ4n) is 2.54. The molecule has 3 rings (SSSR count). The predicted octanol–water partition coefficient (Wildman–Crippen LogP) is 4.33. The molecule has 0 radical (unpaired) electrons. The number of esters is 1. The van der Waals surface area contributed by atoms with Crippen LogP contribution in [0.1, 0.15) is 13.8 Å². The van der Waals surface area contributed by atoms with E-state index in [-0.39, 0.29) is 0 Å². The Morgan fingerprint density at radius 2 is 2.08 bits per heavy atom. The van der Waals surface area contributed by atoms with Crippen molar-refractivity contribution < 1.29 is 19.0 Å². The molecule has 2 aromatic carbocycles. The van der Waals surface area contributed by atoms with Crippen LogP contribution < -0.4 is 9.47 Å². The second-order valence-electron chi connectivity index (χ2n) is 5.60. The van der Waals surface area contributed by atoms with E-state index in [1.165, 1.54) is 0 Å². The zero-order valence-electron chi connectivity index (χ0n) is 14.7. The molecule has 0 saturated carbocycles. The predicted molar refractivity (Wildman–Crippen MR) is 103 cm³/mol. The first-order valence-corrected chi connectivity index (χ1v) is 8.98. The average molecular weight is 419 g/mol. The maximum absolute atomic E-state index is 11.8. The molecule has 0 bridgehead atoms. The standard InChI is InChI=1S/C19H19BrN2O4/c1-4-25-19(23)11(2)26-17-13(20)9-12(10-16(17)24-3)18-21-14-7-5-6-8-15(14)22-18/h5-11H,4H2,1-3H3,(H,21,22). The molecule has 1 heterocycles. The molecule has 0 saturated heterocycles. The van der Waals surface area contributed by atoms with E-state index in [1.807, 2.05) is 36.4 Å². The minimum Gasteiger partial charge on any atom is -0.493 e. The van der Waals surface area contributed by atoms with Gasteiger partial charge in [-0.15, -0.1) is 0 Å². The normalized spacial score (nSPS) is 12.0. The minimum atomic E-state index is -0.753. The minimum absolute atomic E-state index is 0.301. The van der Waals surface area contributed by atoms with Gasteiger partial charge < -0.3 is 19.2 Å². The summed E-state index contributed by atoms with van der Waals surface area (Å²) in [5.74, 6) is 1.22. The number of H-pyrrole nitrogens is 1. The number of rotatable bonds is 6. The summed E-state index contributed by atoms with van der Waals surface area (Å²) in [5.41, 5.74) is 2.67. The highest BCUT2D eigenvalue weighted by Gasteiger charge is 2.21. The van der Waals surface area contributed by atoms with Gasteiger partial charge in [0.15, 0.2) is 17.6 Å². The lowest BCUT2D eigenvalue weighted by Crippen LogP contribution is -2.26. The molecule has 0 aliphatic heterocycles. The highest BCUT2D eigenvalue weighted by atomic mass is 79.9. The summed E-state index contributed by atoms with van der Waals surface area (Å²) in [7, 11) is 1.55. The van der Waals surface area contributed by atoms with Gasteiger partial charge in [0.05, 0.1) is 29.2 Å². The number of carbonyl (C=O) groups is 1. The Morgan fingerprint density at radius 1 is 1.31 bits per heavy atom. The van der Waals surface area contributed by atoms with Crippen molar-refractivity contribution in [3.05, 3.63) is 40.9 Å². The van der Waals surface area contributed by atoms with E-state index in [0.717, 1.165) is 22.4 Å². The van der Waals surface area contributed by atoms with E-state index in [1.54, 1.807) is 21.0 Å². The summed E-state index contributed by atoms with van der Waals surface area (Å²) in [6.45, 7) is 3.69. The SMILES string of the molecule is CCOC(=O)C(C)Oc1c(Br)cc(-c2nc3ccccc3[nH]2)cc1OC. The van der Waals surface area contributed by atoms with E-state index in [2.05, 4.69) is 25.9 Å². The summed E-state index contributed by atoms with van der Waals surface area (Å²) in [4.78, 5) is 19.7. The number of carbonyl (C=O) groups excluding carboxylic acids is 1. The zero-order valence-corrected chi connectivity index (χ0v) is 16.3. The van der Waals surface area contributed by atoms with Crippen LogP contribution in [0.4, 0.5) is 0 Å². The molecule has 0 amide bonds. The number of methoxy groups -OCH3 is 1. The number of nitrogens with zero attached hydrogens (tertiary/aromatic N) is 1. The molecule has 3 aromatic rings. The second kappa shape index (κ2) is 7.78. The Hall–Kier alpha value is -2.54. The number of fused-ring (bicyclic) bond motifs is 1. The van der Waals surface area contributed by atoms with Gasteiger partial charge in [0.2, 0.25) is 0 Å². The number of ether oxygens (including phenoxy) is 3. The van der Waals surface area contributed by atoms with Gasteiger partial charge >= 0.3 is 5.97 Å². The van der Waals surface area contributed by atoms with Gasteiger partial charge in [-0.2, -0.15) is 0 Å². The Balaban J connectivity index is 1.95. The number of hydrogen-bond acceptors (Lipinski definition) is 5. The van der Waals surface area contributed by atoms with Crippen LogP contribution in [0.3, 0.4) is 0 Å². The van der Waals surface area contributed by atoms with Crippen molar-refractivity contribution in [1.82, 2.24) is 9.97 Å². The van der Waals surface area contributed by atoms with Crippen molar-refractivity contribution in [3.63, 3.8) is 0 Å². The molecule has 1 aromatic heterocycles. The summed E-state index contributed by atoms with van der Waals surface area (Å²) >= 11 is 3.50. The molecule has 0 aliphatic rings. The van der Waals surface area contributed by atoms with Crippen molar-refractivity contribution in [1.29, 1.82) is 0 Å². The van der Waals surface area contributed by atoms with E-state index in [0.29, 0.717) is 22.6 Å². The third-order valence-corrected chi connectivity index (χ3v) is 4.39. The molecule has 6 nitrogen and oxygen atoms in total. The Labute approximate surface area is 159 Å². The van der Waals surface area contributed by atoms with Crippen LogP contribution in [-0.4, -0.2) is 35.8 Å². The van der Waals surface area contributed by atoms with Gasteiger partial charge in [-0.3, -0.25) is 0 Å². The van der Waals surface area contributed by atoms with Gasteiger partial charge in [-0.1, -0.05) is 12.1 Å². The largest absolute Gasteiger partial charge is 0.493 e. The first-order valence-electron chi connectivity index (χ1n) is 8.19. The fourth-order valence-corrected chi connectivity index (χ4v) is 3.08. The third kappa shape index (κ3) is 3.67. The lowest BCUT2D eigenvalue weighted by molar-refractivity contribution is -0.150. The molecule has 1 N–H and O–H groups in total. The van der Waals surface area contributed by atoms with Gasteiger partial charge in [0.1, 0.15) is 5.82 Å². The van der Waals surface area contributed by atoms with Crippen LogP contribution in [0.25, 0.3) is 22.4 Å². The van der Waals surface area contributed by atoms with E-state index >= 15 is 0 Å². The third-order valence-electron chi connectivity index (χ3n) is 3.81. The Kier molecular flexibility index (Phi) is 5.46. The van der Waals surface area contributed by atoms with Gasteiger partial charge in [-0.05, 0) is 54.0 Å². The van der Waals surface area contributed by atoms with Crippen LogP contribution in [0, 0.1) is 0 Å². The maximum Gasteiger partial charge on any atom is 0.347 e. The van der Waals surface area contributed by atoms with Crippen molar-refractivity contribution in [3.8, 4) is 22.9 Å². The fraction of sp³-hybridized carbons (Fsp3) is 0.263. The maximum atomic E-state index is 11.8. The number of halogens is 1. The molecule has 0 spiro atoms. The number of para-hydroxylation sites is 2. The number of hydrogen-bond donors (Lipinski definition) is 1. The van der Waals surface area contributed by atoms with Gasteiger partial charge in [0, 0.05) is 5.56 Å². The number of nitrogens with one attached hydrogen (secondary N) is 1. The first kappa shape index (κ1) is 18.3. The molecule has 0 fully saturated rings. The lowest BCUT2D eigenvalue weighted by atomic mass is 10.2. The van der Waals surface area contributed by atoms with Crippen molar-refractivity contribution in [2.75, 3.05) is 13.7 Å². The Morgan fingerprint density at radius 3 is 2.77 bits per heavy atom. The quantitative estimate of drug-likeness (QED) is 0.602. The number of imidazole rings is 1. The van der Waals surface area contributed by atoms with Crippen LogP contribution in [0.5, 0.6) is 11.5 Å². The zero-order chi connectivity index (χ0) is 18.7. The lowest BCUT2D eigenvalue weighted by Gasteiger charge is -2.17. The van der Waals surface area contributed by atoms with Crippen LogP contribution >= 0.6 is 15.9 Å². The Bertz CT molecular complexity index is 905. The molecular formula is C19H19BrN2O4. The molecule has 1 atom stereocenters. The smallest absolute Gasteiger partial charge is 0.347 e. The van der Waals surface area contributed by atoms with E-state index < -0.39 is 12.1 Å². The van der Waals surface area contributed by atoms with Crippen LogP contribution in [0.2, 0.25) is 0 Å². The van der Waals surface area contributed by atoms with Crippen LogP contribution in [-0.2, 0) is 9.53 Å². The molecule has 136 valence electrons. The van der Waals surface area contributed by atoms with Crippen molar-refractivity contribution in [2.45, 2.75) is 20.0 Å². The van der Waals surface area contributed by atoms with E-state index in [4.69, 9.17) is 14.2 Å². The summed E-state index contributed by atoms with van der Waals surface area (Å²) in [5, 5.41) is 0. The highest BCUT2D eigenvalue weighted by Crippen LogP contribution is 2.40. The van der Waals surface area contributed by atoms with Gasteiger partial charge in [0.25, 0.3) is 0 Å². The number of aromatic nitrogens is 2. The average Bonchev–Trinajstić information content (AvgIpc) is 3.07.